The second kappa shape index (κ2) is 4.79. The van der Waals surface area contributed by atoms with E-state index in [1.807, 2.05) is 18.2 Å². The lowest BCUT2D eigenvalue weighted by atomic mass is 10.1. The molecule has 84 valence electrons. The largest absolute Gasteiger partial charge is 0.354 e. The molecule has 1 atom stereocenters. The first-order chi connectivity index (χ1) is 7.75. The van der Waals surface area contributed by atoms with E-state index in [0.29, 0.717) is 24.9 Å². The number of hydrogen-bond acceptors (Lipinski definition) is 2. The fourth-order valence-electron chi connectivity index (χ4n) is 1.71. The van der Waals surface area contributed by atoms with Crippen molar-refractivity contribution in [1.82, 2.24) is 10.6 Å². The number of carbonyl (C=O) groups is 2. The highest BCUT2D eigenvalue weighted by Gasteiger charge is 2.19. The highest BCUT2D eigenvalue weighted by Crippen LogP contribution is 2.05. The van der Waals surface area contributed by atoms with Crippen LogP contribution >= 0.6 is 0 Å². The van der Waals surface area contributed by atoms with E-state index in [9.17, 15) is 9.59 Å². The maximum Gasteiger partial charge on any atom is 0.251 e. The van der Waals surface area contributed by atoms with Crippen LogP contribution in [0.2, 0.25) is 0 Å². The minimum Gasteiger partial charge on any atom is -0.354 e. The fraction of sp³-hybridized carbons (Fsp3) is 0.333. The molecule has 2 rings (SSSR count). The van der Waals surface area contributed by atoms with Crippen LogP contribution in [0.1, 0.15) is 23.2 Å². The lowest BCUT2D eigenvalue weighted by molar-refractivity contribution is -0.122. The van der Waals surface area contributed by atoms with E-state index in [1.165, 1.54) is 0 Å². The number of carbonyl (C=O) groups excluding carboxylic acids is 2. The van der Waals surface area contributed by atoms with Crippen LogP contribution in [0.5, 0.6) is 0 Å². The quantitative estimate of drug-likeness (QED) is 0.767. The number of nitrogens with one attached hydrogen (secondary N) is 2. The molecule has 2 amide bonds. The van der Waals surface area contributed by atoms with Crippen LogP contribution in [0.25, 0.3) is 0 Å². The first kappa shape index (κ1) is 10.7. The average Bonchev–Trinajstić information content (AvgIpc) is 2.33. The Morgan fingerprint density at radius 1 is 1.31 bits per heavy atom. The molecule has 1 fully saturated rings. The van der Waals surface area contributed by atoms with E-state index in [0.717, 1.165) is 0 Å². The Morgan fingerprint density at radius 2 is 2.06 bits per heavy atom. The third kappa shape index (κ3) is 2.59. The normalized spacial score (nSPS) is 20.0. The lowest BCUT2D eigenvalue weighted by Crippen LogP contribution is -2.47. The van der Waals surface area contributed by atoms with E-state index < -0.39 is 0 Å². The van der Waals surface area contributed by atoms with Gasteiger partial charge in [0.1, 0.15) is 0 Å². The summed E-state index contributed by atoms with van der Waals surface area (Å²) >= 11 is 0. The first-order valence-electron chi connectivity index (χ1n) is 5.38. The summed E-state index contributed by atoms with van der Waals surface area (Å²) in [4.78, 5) is 22.7. The van der Waals surface area contributed by atoms with E-state index in [1.54, 1.807) is 12.1 Å². The van der Waals surface area contributed by atoms with Gasteiger partial charge in [0.2, 0.25) is 5.91 Å². The minimum atomic E-state index is -0.0817. The van der Waals surface area contributed by atoms with Crippen molar-refractivity contribution in [2.45, 2.75) is 18.9 Å². The standard InChI is InChI=1S/C12H14N2O2/c15-11-7-6-10(8-13-11)14-12(16)9-4-2-1-3-5-9/h1-5,10H,6-8H2,(H,13,15)(H,14,16). The molecule has 0 radical (unpaired) electrons. The summed E-state index contributed by atoms with van der Waals surface area (Å²) < 4.78 is 0. The molecule has 4 heteroatoms. The zero-order valence-corrected chi connectivity index (χ0v) is 8.90. The molecule has 0 bridgehead atoms. The molecular formula is C12H14N2O2. The molecule has 1 aromatic carbocycles. The van der Waals surface area contributed by atoms with Crippen LogP contribution in [0.4, 0.5) is 0 Å². The summed E-state index contributed by atoms with van der Waals surface area (Å²) in [6, 6.07) is 9.13. The second-order valence-electron chi connectivity index (χ2n) is 3.88. The van der Waals surface area contributed by atoms with E-state index in [-0.39, 0.29) is 17.9 Å². The van der Waals surface area contributed by atoms with Crippen molar-refractivity contribution in [3.05, 3.63) is 35.9 Å². The SMILES string of the molecule is O=C1CCC(NC(=O)c2ccccc2)CN1. The van der Waals surface area contributed by atoms with Crippen molar-refractivity contribution in [3.8, 4) is 0 Å². The third-order valence-corrected chi connectivity index (χ3v) is 2.64. The Balaban J connectivity index is 1.91. The van der Waals surface area contributed by atoms with Gasteiger partial charge in [-0.1, -0.05) is 18.2 Å². The van der Waals surface area contributed by atoms with Gasteiger partial charge in [-0.2, -0.15) is 0 Å². The minimum absolute atomic E-state index is 0.0467. The van der Waals surface area contributed by atoms with Crippen LogP contribution in [0.3, 0.4) is 0 Å². The highest BCUT2D eigenvalue weighted by atomic mass is 16.2. The van der Waals surface area contributed by atoms with Gasteiger partial charge in [0, 0.05) is 24.6 Å². The third-order valence-electron chi connectivity index (χ3n) is 2.64. The first-order valence-corrected chi connectivity index (χ1v) is 5.38. The summed E-state index contributed by atoms with van der Waals surface area (Å²) in [5.41, 5.74) is 0.652. The maximum absolute atomic E-state index is 11.8. The predicted octanol–water partition coefficient (Wildman–Crippen LogP) is 0.695. The molecule has 1 unspecified atom stereocenters. The maximum atomic E-state index is 11.8. The summed E-state index contributed by atoms with van der Waals surface area (Å²) in [6.07, 6.45) is 1.20. The van der Waals surface area contributed by atoms with Crippen molar-refractivity contribution in [2.75, 3.05) is 6.54 Å². The van der Waals surface area contributed by atoms with Crippen molar-refractivity contribution in [1.29, 1.82) is 0 Å². The topological polar surface area (TPSA) is 58.2 Å². The van der Waals surface area contributed by atoms with Crippen molar-refractivity contribution >= 4 is 11.8 Å². The number of piperidine rings is 1. The molecule has 4 nitrogen and oxygen atoms in total. The fourth-order valence-corrected chi connectivity index (χ4v) is 1.71. The Hall–Kier alpha value is -1.84. The van der Waals surface area contributed by atoms with E-state index in [2.05, 4.69) is 10.6 Å². The number of rotatable bonds is 2. The van der Waals surface area contributed by atoms with E-state index >= 15 is 0 Å². The molecule has 1 saturated heterocycles. The summed E-state index contributed by atoms with van der Waals surface area (Å²) in [5.74, 6) is -0.0213. The van der Waals surface area contributed by atoms with Gasteiger partial charge in [-0.05, 0) is 18.6 Å². The van der Waals surface area contributed by atoms with Crippen molar-refractivity contribution in [2.24, 2.45) is 0 Å². The van der Waals surface area contributed by atoms with Gasteiger partial charge >= 0.3 is 0 Å². The van der Waals surface area contributed by atoms with Crippen molar-refractivity contribution < 1.29 is 9.59 Å². The Morgan fingerprint density at radius 3 is 2.69 bits per heavy atom. The van der Waals surface area contributed by atoms with Crippen LogP contribution in [0, 0.1) is 0 Å². The second-order valence-corrected chi connectivity index (χ2v) is 3.88. The Labute approximate surface area is 94.0 Å². The molecule has 0 spiro atoms. The molecule has 1 aliphatic rings. The molecular weight excluding hydrogens is 204 g/mol. The van der Waals surface area contributed by atoms with Crippen LogP contribution in [-0.4, -0.2) is 24.4 Å². The molecule has 16 heavy (non-hydrogen) atoms. The Kier molecular flexibility index (Phi) is 3.19. The van der Waals surface area contributed by atoms with Gasteiger partial charge in [0.25, 0.3) is 5.91 Å². The molecule has 1 aromatic rings. The van der Waals surface area contributed by atoms with Gasteiger partial charge in [0.05, 0.1) is 0 Å². The summed E-state index contributed by atoms with van der Waals surface area (Å²) in [7, 11) is 0. The van der Waals surface area contributed by atoms with Gasteiger partial charge in [-0.25, -0.2) is 0 Å². The number of benzene rings is 1. The summed E-state index contributed by atoms with van der Waals surface area (Å²) in [5, 5.41) is 5.64. The molecule has 0 saturated carbocycles. The van der Waals surface area contributed by atoms with Crippen molar-refractivity contribution in [3.63, 3.8) is 0 Å². The molecule has 0 aromatic heterocycles. The predicted molar refractivity (Wildman–Crippen MR) is 59.9 cm³/mol. The smallest absolute Gasteiger partial charge is 0.251 e. The van der Waals surface area contributed by atoms with Gasteiger partial charge < -0.3 is 10.6 Å². The van der Waals surface area contributed by atoms with Gasteiger partial charge in [-0.15, -0.1) is 0 Å². The highest BCUT2D eigenvalue weighted by molar-refractivity contribution is 5.94. The number of amides is 2. The van der Waals surface area contributed by atoms with Crippen LogP contribution < -0.4 is 10.6 Å². The monoisotopic (exact) mass is 218 g/mol. The zero-order chi connectivity index (χ0) is 11.4. The molecule has 0 aliphatic carbocycles. The molecule has 1 aliphatic heterocycles. The zero-order valence-electron chi connectivity index (χ0n) is 8.90. The average molecular weight is 218 g/mol. The van der Waals surface area contributed by atoms with Crippen LogP contribution in [-0.2, 0) is 4.79 Å². The van der Waals surface area contributed by atoms with Gasteiger partial charge in [-0.3, -0.25) is 9.59 Å². The number of hydrogen-bond donors (Lipinski definition) is 2. The Bertz CT molecular complexity index is 379. The van der Waals surface area contributed by atoms with Crippen LogP contribution in [0.15, 0.2) is 30.3 Å². The van der Waals surface area contributed by atoms with Gasteiger partial charge in [0.15, 0.2) is 0 Å². The lowest BCUT2D eigenvalue weighted by Gasteiger charge is -2.23. The summed E-state index contributed by atoms with van der Waals surface area (Å²) in [6.45, 7) is 0.525. The van der Waals surface area contributed by atoms with E-state index in [4.69, 9.17) is 0 Å². The molecule has 2 N–H and O–H groups in total. The molecule has 1 heterocycles.